The van der Waals surface area contributed by atoms with Crippen molar-refractivity contribution >= 4 is 11.8 Å². The van der Waals surface area contributed by atoms with Crippen LogP contribution in [0.15, 0.2) is 48.7 Å². The molecule has 1 aromatic carbocycles. The molecule has 5 nitrogen and oxygen atoms in total. The van der Waals surface area contributed by atoms with Crippen LogP contribution in [0.3, 0.4) is 0 Å². The third-order valence-electron chi connectivity index (χ3n) is 4.26. The maximum atomic E-state index is 12.8. The molecule has 3 rings (SSSR count). The van der Waals surface area contributed by atoms with Crippen molar-refractivity contribution in [2.24, 2.45) is 0 Å². The highest BCUT2D eigenvalue weighted by molar-refractivity contribution is 5.93. The lowest BCUT2D eigenvalue weighted by Crippen LogP contribution is -2.50. The number of hydrogen-bond donors (Lipinski definition) is 0. The maximum absolute atomic E-state index is 12.8. The molecular weight excluding hydrogens is 290 g/mol. The fourth-order valence-corrected chi connectivity index (χ4v) is 2.91. The van der Waals surface area contributed by atoms with E-state index in [4.69, 9.17) is 0 Å². The van der Waals surface area contributed by atoms with Gasteiger partial charge in [0.1, 0.15) is 5.69 Å². The highest BCUT2D eigenvalue weighted by Gasteiger charge is 2.24. The van der Waals surface area contributed by atoms with E-state index in [0.717, 1.165) is 0 Å². The molecule has 120 valence electrons. The molecule has 2 aromatic rings. The molecule has 1 saturated heterocycles. The fourth-order valence-electron chi connectivity index (χ4n) is 2.91. The first-order chi connectivity index (χ1) is 11.1. The topological polar surface area (TPSA) is 45.6 Å². The minimum atomic E-state index is 0.0362. The summed E-state index contributed by atoms with van der Waals surface area (Å²) in [7, 11) is 0. The number of hydrogen-bond acceptors (Lipinski definition) is 2. The molecule has 1 fully saturated rings. The van der Waals surface area contributed by atoms with E-state index in [-0.39, 0.29) is 11.8 Å². The third kappa shape index (κ3) is 3.44. The Balaban J connectivity index is 1.69. The van der Waals surface area contributed by atoms with Gasteiger partial charge >= 0.3 is 0 Å². The normalized spacial score (nSPS) is 14.8. The second-order valence-electron chi connectivity index (χ2n) is 5.81. The number of rotatable bonds is 3. The first-order valence-corrected chi connectivity index (χ1v) is 7.89. The lowest BCUT2D eigenvalue weighted by Gasteiger charge is -2.34. The van der Waals surface area contributed by atoms with E-state index < -0.39 is 0 Å². The van der Waals surface area contributed by atoms with E-state index in [0.29, 0.717) is 38.4 Å². The van der Waals surface area contributed by atoms with Crippen molar-refractivity contribution in [2.75, 3.05) is 26.2 Å². The largest absolute Gasteiger partial charge is 0.339 e. The van der Waals surface area contributed by atoms with Crippen LogP contribution >= 0.6 is 0 Å². The van der Waals surface area contributed by atoms with Crippen molar-refractivity contribution in [3.63, 3.8) is 0 Å². The highest BCUT2D eigenvalue weighted by atomic mass is 16.2. The van der Waals surface area contributed by atoms with Crippen LogP contribution < -0.4 is 0 Å². The van der Waals surface area contributed by atoms with E-state index >= 15 is 0 Å². The molecule has 0 unspecified atom stereocenters. The SMILES string of the molecule is CC(=O)N1CCN(C(=O)c2cccn2Cc2ccccc2)CC1. The van der Waals surface area contributed by atoms with E-state index in [1.165, 1.54) is 5.56 Å². The summed E-state index contributed by atoms with van der Waals surface area (Å²) in [5.74, 6) is 0.110. The minimum Gasteiger partial charge on any atom is -0.339 e. The van der Waals surface area contributed by atoms with E-state index in [1.807, 2.05) is 46.0 Å². The summed E-state index contributed by atoms with van der Waals surface area (Å²) in [5.41, 5.74) is 1.87. The van der Waals surface area contributed by atoms with Crippen LogP contribution in [0.2, 0.25) is 0 Å². The Morgan fingerprint density at radius 3 is 2.22 bits per heavy atom. The van der Waals surface area contributed by atoms with Crippen molar-refractivity contribution in [3.8, 4) is 0 Å². The number of carbonyl (C=O) groups is 2. The lowest BCUT2D eigenvalue weighted by molar-refractivity contribution is -0.130. The van der Waals surface area contributed by atoms with Crippen molar-refractivity contribution in [2.45, 2.75) is 13.5 Å². The monoisotopic (exact) mass is 311 g/mol. The predicted octanol–water partition coefficient (Wildman–Crippen LogP) is 1.84. The molecule has 2 heterocycles. The van der Waals surface area contributed by atoms with Crippen molar-refractivity contribution in [3.05, 3.63) is 59.9 Å². The molecule has 0 bridgehead atoms. The van der Waals surface area contributed by atoms with Gasteiger partial charge in [-0.25, -0.2) is 0 Å². The van der Waals surface area contributed by atoms with Crippen molar-refractivity contribution in [1.82, 2.24) is 14.4 Å². The van der Waals surface area contributed by atoms with Gasteiger partial charge in [0.2, 0.25) is 5.91 Å². The zero-order valence-electron chi connectivity index (χ0n) is 13.3. The molecular formula is C18H21N3O2. The van der Waals surface area contributed by atoms with Crippen LogP contribution in [0.5, 0.6) is 0 Å². The van der Waals surface area contributed by atoms with E-state index in [1.54, 1.807) is 11.8 Å². The minimum absolute atomic E-state index is 0.0362. The van der Waals surface area contributed by atoms with Gasteiger partial charge in [-0.1, -0.05) is 30.3 Å². The summed E-state index contributed by atoms with van der Waals surface area (Å²) in [5, 5.41) is 0. The zero-order valence-corrected chi connectivity index (χ0v) is 13.3. The number of nitrogens with zero attached hydrogens (tertiary/aromatic N) is 3. The molecule has 5 heteroatoms. The van der Waals surface area contributed by atoms with Gasteiger partial charge in [-0.3, -0.25) is 9.59 Å². The van der Waals surface area contributed by atoms with E-state index in [9.17, 15) is 9.59 Å². The Kier molecular flexibility index (Phi) is 4.46. The van der Waals surface area contributed by atoms with Crippen LogP contribution in [0, 0.1) is 0 Å². The standard InChI is InChI=1S/C18H21N3O2/c1-15(22)19-10-12-20(13-11-19)18(23)17-8-5-9-21(17)14-16-6-3-2-4-7-16/h2-9H,10-14H2,1H3. The van der Waals surface area contributed by atoms with Gasteiger partial charge in [0.15, 0.2) is 0 Å². The summed E-state index contributed by atoms with van der Waals surface area (Å²) in [6.45, 7) is 4.66. The molecule has 0 radical (unpaired) electrons. The molecule has 1 aliphatic heterocycles. The van der Waals surface area contributed by atoms with Gasteiger partial charge in [0, 0.05) is 45.8 Å². The lowest BCUT2D eigenvalue weighted by atomic mass is 10.2. The number of amides is 2. The van der Waals surface area contributed by atoms with Crippen LogP contribution in [-0.4, -0.2) is 52.4 Å². The molecule has 0 saturated carbocycles. The predicted molar refractivity (Wildman–Crippen MR) is 88.1 cm³/mol. The summed E-state index contributed by atoms with van der Waals surface area (Å²) in [6.07, 6.45) is 1.94. The Morgan fingerprint density at radius 2 is 1.57 bits per heavy atom. The molecule has 23 heavy (non-hydrogen) atoms. The van der Waals surface area contributed by atoms with Crippen LogP contribution in [0.25, 0.3) is 0 Å². The van der Waals surface area contributed by atoms with Crippen molar-refractivity contribution in [1.29, 1.82) is 0 Å². The zero-order chi connectivity index (χ0) is 16.2. The highest BCUT2D eigenvalue weighted by Crippen LogP contribution is 2.12. The van der Waals surface area contributed by atoms with E-state index in [2.05, 4.69) is 12.1 Å². The van der Waals surface area contributed by atoms with Gasteiger partial charge in [-0.05, 0) is 17.7 Å². The Hall–Kier alpha value is -2.56. The van der Waals surface area contributed by atoms with Gasteiger partial charge in [-0.2, -0.15) is 0 Å². The van der Waals surface area contributed by atoms with Gasteiger partial charge in [0.25, 0.3) is 5.91 Å². The van der Waals surface area contributed by atoms with Crippen LogP contribution in [0.1, 0.15) is 23.0 Å². The molecule has 1 aromatic heterocycles. The smallest absolute Gasteiger partial charge is 0.270 e. The quantitative estimate of drug-likeness (QED) is 0.868. The Labute approximate surface area is 136 Å². The fraction of sp³-hybridized carbons (Fsp3) is 0.333. The third-order valence-corrected chi connectivity index (χ3v) is 4.26. The van der Waals surface area contributed by atoms with Gasteiger partial charge in [-0.15, -0.1) is 0 Å². The molecule has 0 spiro atoms. The van der Waals surface area contributed by atoms with Crippen molar-refractivity contribution < 1.29 is 9.59 Å². The summed E-state index contributed by atoms with van der Waals surface area (Å²) in [4.78, 5) is 27.7. The summed E-state index contributed by atoms with van der Waals surface area (Å²) >= 11 is 0. The number of carbonyl (C=O) groups excluding carboxylic acids is 2. The van der Waals surface area contributed by atoms with Gasteiger partial charge < -0.3 is 14.4 Å². The maximum Gasteiger partial charge on any atom is 0.270 e. The first kappa shape index (κ1) is 15.3. The number of aromatic nitrogens is 1. The summed E-state index contributed by atoms with van der Waals surface area (Å²) in [6, 6.07) is 13.9. The second-order valence-corrected chi connectivity index (χ2v) is 5.81. The van der Waals surface area contributed by atoms with Crippen LogP contribution in [-0.2, 0) is 11.3 Å². The molecule has 0 aliphatic carbocycles. The molecule has 0 atom stereocenters. The second kappa shape index (κ2) is 6.69. The number of benzene rings is 1. The Morgan fingerprint density at radius 1 is 0.913 bits per heavy atom. The number of piperazine rings is 1. The average Bonchev–Trinajstić information content (AvgIpc) is 3.03. The average molecular weight is 311 g/mol. The molecule has 2 amide bonds. The summed E-state index contributed by atoms with van der Waals surface area (Å²) < 4.78 is 1.98. The molecule has 1 aliphatic rings. The first-order valence-electron chi connectivity index (χ1n) is 7.89. The molecule has 0 N–H and O–H groups in total. The Bertz CT molecular complexity index is 685. The van der Waals surface area contributed by atoms with Crippen LogP contribution in [0.4, 0.5) is 0 Å². The van der Waals surface area contributed by atoms with Gasteiger partial charge in [0.05, 0.1) is 0 Å².